The highest BCUT2D eigenvalue weighted by atomic mass is 16.7. The Hall–Kier alpha value is -1.06. The Balaban J connectivity index is 2.57. The quantitative estimate of drug-likeness (QED) is 0.410. The van der Waals surface area contributed by atoms with Crippen molar-refractivity contribution in [1.82, 2.24) is 5.32 Å². The molecule has 0 bridgehead atoms. The van der Waals surface area contributed by atoms with Crippen LogP contribution >= 0.6 is 0 Å². The van der Waals surface area contributed by atoms with Crippen molar-refractivity contribution in [3.05, 3.63) is 0 Å². The molecule has 8 heteroatoms. The lowest BCUT2D eigenvalue weighted by Crippen LogP contribution is -2.64. The van der Waals surface area contributed by atoms with E-state index in [1.165, 1.54) is 13.8 Å². The highest BCUT2D eigenvalue weighted by Gasteiger charge is 2.45. The van der Waals surface area contributed by atoms with E-state index in [0.717, 1.165) is 0 Å². The van der Waals surface area contributed by atoms with E-state index in [4.69, 9.17) is 14.6 Å². The molecule has 0 aliphatic carbocycles. The molecule has 0 aromatic heterocycles. The molecule has 1 rings (SSSR count). The van der Waals surface area contributed by atoms with Gasteiger partial charge in [-0.05, 0) is 19.8 Å². The first-order valence-electron chi connectivity index (χ1n) is 7.37. The van der Waals surface area contributed by atoms with E-state index in [9.17, 15) is 19.8 Å². The van der Waals surface area contributed by atoms with Crippen molar-refractivity contribution in [2.24, 2.45) is 0 Å². The van der Waals surface area contributed by atoms with E-state index in [2.05, 4.69) is 5.32 Å². The number of carbonyl (C=O) groups is 2. The molecule has 1 aliphatic heterocycles. The largest absolute Gasteiger partial charge is 0.394 e. The summed E-state index contributed by atoms with van der Waals surface area (Å²) in [5.74, 6) is -0.295. The fourth-order valence-electron chi connectivity index (χ4n) is 2.29. The third kappa shape index (κ3) is 5.62. The Kier molecular flexibility index (Phi) is 7.91. The van der Waals surface area contributed by atoms with Crippen LogP contribution in [0.4, 0.5) is 0 Å². The molecule has 5 atom stereocenters. The predicted molar refractivity (Wildman–Crippen MR) is 75.8 cm³/mol. The van der Waals surface area contributed by atoms with Crippen LogP contribution in [0.25, 0.3) is 0 Å². The van der Waals surface area contributed by atoms with Crippen molar-refractivity contribution < 1.29 is 34.4 Å². The topological polar surface area (TPSA) is 125 Å². The van der Waals surface area contributed by atoms with E-state index >= 15 is 0 Å². The van der Waals surface area contributed by atoms with Gasteiger partial charge in [0.25, 0.3) is 0 Å². The summed E-state index contributed by atoms with van der Waals surface area (Å²) in [6.07, 6.45) is -2.84. The van der Waals surface area contributed by atoms with Crippen molar-refractivity contribution in [2.45, 2.75) is 63.8 Å². The van der Waals surface area contributed by atoms with Gasteiger partial charge in [-0.1, -0.05) is 0 Å². The van der Waals surface area contributed by atoms with Crippen LogP contribution in [-0.4, -0.2) is 70.9 Å². The molecule has 0 aromatic carbocycles. The fraction of sp³-hybridized carbons (Fsp3) is 0.857. The summed E-state index contributed by atoms with van der Waals surface area (Å²) < 4.78 is 10.9. The number of ketones is 1. The zero-order valence-corrected chi connectivity index (χ0v) is 12.9. The third-order valence-electron chi connectivity index (χ3n) is 3.46. The fourth-order valence-corrected chi connectivity index (χ4v) is 2.29. The molecule has 2 unspecified atom stereocenters. The number of ether oxygens (including phenoxy) is 2. The monoisotopic (exact) mass is 319 g/mol. The number of rotatable bonds is 8. The smallest absolute Gasteiger partial charge is 0.217 e. The van der Waals surface area contributed by atoms with Crippen LogP contribution in [0.2, 0.25) is 0 Å². The number of hydrogen-bond donors (Lipinski definition) is 4. The molecule has 0 saturated carbocycles. The van der Waals surface area contributed by atoms with Crippen molar-refractivity contribution in [3.8, 4) is 0 Å². The van der Waals surface area contributed by atoms with Crippen LogP contribution in [0, 0.1) is 0 Å². The number of aliphatic hydroxyl groups excluding tert-OH is 3. The summed E-state index contributed by atoms with van der Waals surface area (Å²) in [6.45, 7) is 2.59. The highest BCUT2D eigenvalue weighted by molar-refractivity contribution is 5.75. The number of hydrogen-bond acceptors (Lipinski definition) is 7. The average molecular weight is 319 g/mol. The van der Waals surface area contributed by atoms with Crippen LogP contribution < -0.4 is 5.32 Å². The summed E-state index contributed by atoms with van der Waals surface area (Å²) in [7, 11) is 0. The van der Waals surface area contributed by atoms with Gasteiger partial charge in [-0.2, -0.15) is 0 Å². The summed E-state index contributed by atoms with van der Waals surface area (Å²) in [4.78, 5) is 22.1. The lowest BCUT2D eigenvalue weighted by atomic mass is 9.97. The standard InChI is InChI=1S/C14H25NO7/c1-8(17)5-3-4-6-21-14-11(15-9(2)18)13(20)12(19)10(7-16)22-14/h10-14,16,19-20H,3-7H2,1-2H3,(H,15,18)/t10?,11?,12-,13+,14+/m0/s1. The van der Waals surface area contributed by atoms with Gasteiger partial charge >= 0.3 is 0 Å². The molecule has 22 heavy (non-hydrogen) atoms. The Morgan fingerprint density at radius 2 is 1.86 bits per heavy atom. The minimum Gasteiger partial charge on any atom is -0.394 e. The number of unbranched alkanes of at least 4 members (excludes halogenated alkanes) is 1. The molecular formula is C14H25NO7. The summed E-state index contributed by atoms with van der Waals surface area (Å²) >= 11 is 0. The number of Topliss-reactive ketones (excluding diaryl/α,β-unsaturated/α-hetero) is 1. The summed E-state index contributed by atoms with van der Waals surface area (Å²) in [5.41, 5.74) is 0. The van der Waals surface area contributed by atoms with Crippen LogP contribution in [0.3, 0.4) is 0 Å². The van der Waals surface area contributed by atoms with Crippen molar-refractivity contribution >= 4 is 11.7 Å². The van der Waals surface area contributed by atoms with Crippen molar-refractivity contribution in [3.63, 3.8) is 0 Å². The van der Waals surface area contributed by atoms with E-state index in [1.807, 2.05) is 0 Å². The van der Waals surface area contributed by atoms with Gasteiger partial charge in [0.2, 0.25) is 5.91 Å². The molecule has 0 radical (unpaired) electrons. The van der Waals surface area contributed by atoms with Gasteiger partial charge < -0.3 is 34.9 Å². The second-order valence-corrected chi connectivity index (χ2v) is 5.46. The molecule has 1 saturated heterocycles. The molecule has 1 heterocycles. The Bertz CT molecular complexity index is 376. The number of carbonyl (C=O) groups excluding carboxylic acids is 2. The second-order valence-electron chi connectivity index (χ2n) is 5.46. The van der Waals surface area contributed by atoms with Gasteiger partial charge in [-0.25, -0.2) is 0 Å². The van der Waals surface area contributed by atoms with E-state index in [-0.39, 0.29) is 12.4 Å². The van der Waals surface area contributed by atoms with Crippen molar-refractivity contribution in [2.75, 3.05) is 13.2 Å². The maximum atomic E-state index is 11.2. The van der Waals surface area contributed by atoms with Crippen LogP contribution in [0.5, 0.6) is 0 Å². The first kappa shape index (κ1) is 19.0. The lowest BCUT2D eigenvalue weighted by molar-refractivity contribution is -0.270. The summed E-state index contributed by atoms with van der Waals surface area (Å²) in [5, 5.41) is 31.5. The normalized spacial score (nSPS) is 31.8. The van der Waals surface area contributed by atoms with Gasteiger partial charge in [0.15, 0.2) is 6.29 Å². The molecule has 8 nitrogen and oxygen atoms in total. The van der Waals surface area contributed by atoms with Gasteiger partial charge in [0.1, 0.15) is 30.1 Å². The molecule has 0 spiro atoms. The number of nitrogens with one attached hydrogen (secondary N) is 1. The Morgan fingerprint density at radius 3 is 2.41 bits per heavy atom. The van der Waals surface area contributed by atoms with Gasteiger partial charge in [-0.15, -0.1) is 0 Å². The van der Waals surface area contributed by atoms with Crippen LogP contribution in [0.15, 0.2) is 0 Å². The maximum absolute atomic E-state index is 11.2. The van der Waals surface area contributed by atoms with Crippen LogP contribution in [-0.2, 0) is 19.1 Å². The molecule has 0 aromatic rings. The predicted octanol–water partition coefficient (Wildman–Crippen LogP) is -1.29. The molecule has 4 N–H and O–H groups in total. The van der Waals surface area contributed by atoms with E-state index in [1.54, 1.807) is 0 Å². The van der Waals surface area contributed by atoms with E-state index in [0.29, 0.717) is 19.3 Å². The van der Waals surface area contributed by atoms with Crippen molar-refractivity contribution in [1.29, 1.82) is 0 Å². The van der Waals surface area contributed by atoms with E-state index < -0.39 is 43.2 Å². The van der Waals surface area contributed by atoms with Gasteiger partial charge in [-0.3, -0.25) is 4.79 Å². The Labute approximate surface area is 129 Å². The zero-order chi connectivity index (χ0) is 16.7. The SMILES string of the molecule is CC(=O)CCCCO[C@@H]1OC(CO)[C@H](O)[C@H](O)C1NC(C)=O. The maximum Gasteiger partial charge on any atom is 0.217 e. The highest BCUT2D eigenvalue weighted by Crippen LogP contribution is 2.22. The minimum absolute atomic E-state index is 0.101. The minimum atomic E-state index is -1.32. The Morgan fingerprint density at radius 1 is 1.18 bits per heavy atom. The first-order valence-corrected chi connectivity index (χ1v) is 7.37. The lowest BCUT2D eigenvalue weighted by Gasteiger charge is -2.42. The molecule has 1 aliphatic rings. The molecule has 1 fully saturated rings. The zero-order valence-electron chi connectivity index (χ0n) is 12.9. The molecule has 128 valence electrons. The average Bonchev–Trinajstić information content (AvgIpc) is 2.45. The molecule has 1 amide bonds. The molecular weight excluding hydrogens is 294 g/mol. The first-order chi connectivity index (χ1) is 10.4. The number of aliphatic hydroxyl groups is 3. The van der Waals surface area contributed by atoms with Gasteiger partial charge in [0.05, 0.1) is 6.61 Å². The van der Waals surface area contributed by atoms with Crippen LogP contribution in [0.1, 0.15) is 33.1 Å². The van der Waals surface area contributed by atoms with Gasteiger partial charge in [0, 0.05) is 20.0 Å². The second kappa shape index (κ2) is 9.16. The number of amides is 1. The summed E-state index contributed by atoms with van der Waals surface area (Å²) in [6, 6.07) is -0.928. The third-order valence-corrected chi connectivity index (χ3v) is 3.46.